The third-order valence-corrected chi connectivity index (χ3v) is 7.23. The summed E-state index contributed by atoms with van der Waals surface area (Å²) in [6, 6.07) is 8.91. The molecule has 0 amide bonds. The average molecular weight is 355 g/mol. The van der Waals surface area contributed by atoms with Gasteiger partial charge in [0.1, 0.15) is 0 Å². The average Bonchev–Trinajstić information content (AvgIpc) is 3.27. The third kappa shape index (κ3) is 2.87. The maximum Gasteiger partial charge on any atom is -0.00114 e. The summed E-state index contributed by atoms with van der Waals surface area (Å²) in [7, 11) is 0. The lowest BCUT2D eigenvalue weighted by atomic mass is 9.72. The largest absolute Gasteiger partial charge is 0.151 e. The molecular formula is C22H26S2. The molecule has 0 fully saturated rings. The van der Waals surface area contributed by atoms with E-state index in [0.717, 1.165) is 0 Å². The Morgan fingerprint density at radius 1 is 0.708 bits per heavy atom. The topological polar surface area (TPSA) is 0 Å². The molecule has 0 nitrogen and oxygen atoms in total. The Labute approximate surface area is 154 Å². The molecule has 0 aliphatic carbocycles. The molecule has 0 spiro atoms. The Morgan fingerprint density at radius 2 is 1.25 bits per heavy atom. The summed E-state index contributed by atoms with van der Waals surface area (Å²) in [6.07, 6.45) is 3.59. The Bertz CT molecular complexity index is 794. The zero-order chi connectivity index (χ0) is 17.2. The maximum atomic E-state index is 2.39. The van der Waals surface area contributed by atoms with Gasteiger partial charge in [0.15, 0.2) is 0 Å². The second kappa shape index (κ2) is 7.25. The maximum absolute atomic E-state index is 2.39. The van der Waals surface area contributed by atoms with Crippen molar-refractivity contribution in [3.05, 3.63) is 56.9 Å². The van der Waals surface area contributed by atoms with Crippen LogP contribution < -0.4 is 0 Å². The van der Waals surface area contributed by atoms with Gasteiger partial charge in [-0.05, 0) is 86.5 Å². The van der Waals surface area contributed by atoms with E-state index in [9.17, 15) is 0 Å². The van der Waals surface area contributed by atoms with Crippen LogP contribution in [0.1, 0.15) is 51.2 Å². The van der Waals surface area contributed by atoms with Crippen LogP contribution >= 0.6 is 22.7 Å². The van der Waals surface area contributed by atoms with Crippen molar-refractivity contribution in [1.29, 1.82) is 0 Å². The summed E-state index contributed by atoms with van der Waals surface area (Å²) in [6.45, 7) is 9.22. The molecule has 2 aromatic heterocycles. The minimum absolute atomic E-state index is 0.298. The highest BCUT2D eigenvalue weighted by atomic mass is 32.1. The van der Waals surface area contributed by atoms with Crippen LogP contribution in [0.5, 0.6) is 0 Å². The van der Waals surface area contributed by atoms with Gasteiger partial charge >= 0.3 is 0 Å². The zero-order valence-corrected chi connectivity index (χ0v) is 16.7. The lowest BCUT2D eigenvalue weighted by Gasteiger charge is -2.32. The molecule has 0 atom stereocenters. The smallest absolute Gasteiger partial charge is 0.00114 e. The number of thiophene rings is 2. The van der Waals surface area contributed by atoms with Crippen LogP contribution in [-0.2, 0) is 5.41 Å². The van der Waals surface area contributed by atoms with Gasteiger partial charge in [-0.15, -0.1) is 0 Å². The van der Waals surface area contributed by atoms with E-state index in [2.05, 4.69) is 73.5 Å². The first-order valence-corrected chi connectivity index (χ1v) is 10.7. The predicted octanol–water partition coefficient (Wildman–Crippen LogP) is 7.92. The van der Waals surface area contributed by atoms with Gasteiger partial charge in [-0.2, -0.15) is 22.7 Å². The van der Waals surface area contributed by atoms with Crippen molar-refractivity contribution in [1.82, 2.24) is 0 Å². The highest BCUT2D eigenvalue weighted by Gasteiger charge is 2.30. The molecule has 0 unspecified atom stereocenters. The van der Waals surface area contributed by atoms with Crippen molar-refractivity contribution in [2.45, 2.75) is 52.4 Å². The van der Waals surface area contributed by atoms with Crippen molar-refractivity contribution < 1.29 is 0 Å². The van der Waals surface area contributed by atoms with Crippen LogP contribution in [0, 0.1) is 6.92 Å². The van der Waals surface area contributed by atoms with Gasteiger partial charge in [0.2, 0.25) is 0 Å². The van der Waals surface area contributed by atoms with E-state index in [1.807, 2.05) is 11.3 Å². The lowest BCUT2D eigenvalue weighted by molar-refractivity contribution is 0.384. The van der Waals surface area contributed by atoms with Crippen LogP contribution in [-0.4, -0.2) is 0 Å². The van der Waals surface area contributed by atoms with Crippen LogP contribution in [0.25, 0.3) is 22.3 Å². The highest BCUT2D eigenvalue weighted by Crippen LogP contribution is 2.45. The molecule has 0 saturated heterocycles. The Balaban J connectivity index is 2.20. The normalized spacial score (nSPS) is 11.8. The summed E-state index contributed by atoms with van der Waals surface area (Å²) in [5.41, 5.74) is 8.78. The van der Waals surface area contributed by atoms with E-state index in [1.165, 1.54) is 47.1 Å². The van der Waals surface area contributed by atoms with Gasteiger partial charge in [0.25, 0.3) is 0 Å². The van der Waals surface area contributed by atoms with Crippen molar-refractivity contribution in [3.63, 3.8) is 0 Å². The number of hydrogen-bond donors (Lipinski definition) is 0. The molecule has 0 saturated carbocycles. The molecular weight excluding hydrogens is 328 g/mol. The molecule has 0 N–H and O–H groups in total. The Morgan fingerprint density at radius 3 is 1.79 bits per heavy atom. The molecule has 24 heavy (non-hydrogen) atoms. The van der Waals surface area contributed by atoms with Crippen LogP contribution in [0.2, 0.25) is 0 Å². The van der Waals surface area contributed by atoms with Gasteiger partial charge in [0, 0.05) is 0 Å². The van der Waals surface area contributed by atoms with Crippen molar-refractivity contribution >= 4 is 22.7 Å². The van der Waals surface area contributed by atoms with Crippen LogP contribution in [0.15, 0.2) is 45.8 Å². The molecule has 3 rings (SSSR count). The molecule has 3 aromatic rings. The van der Waals surface area contributed by atoms with Crippen LogP contribution in [0.4, 0.5) is 0 Å². The monoisotopic (exact) mass is 354 g/mol. The lowest BCUT2D eigenvalue weighted by Crippen LogP contribution is -2.23. The van der Waals surface area contributed by atoms with Gasteiger partial charge in [0.05, 0.1) is 0 Å². The van der Waals surface area contributed by atoms with E-state index < -0.39 is 0 Å². The fraction of sp³-hybridized carbons (Fsp3) is 0.364. The number of hydrogen-bond acceptors (Lipinski definition) is 2. The summed E-state index contributed by atoms with van der Waals surface area (Å²) < 4.78 is 0. The summed E-state index contributed by atoms with van der Waals surface area (Å²) in [4.78, 5) is 0. The summed E-state index contributed by atoms with van der Waals surface area (Å²) in [5, 5.41) is 9.27. The minimum atomic E-state index is 0.298. The highest BCUT2D eigenvalue weighted by molar-refractivity contribution is 7.08. The van der Waals surface area contributed by atoms with Gasteiger partial charge in [-0.25, -0.2) is 0 Å². The first kappa shape index (κ1) is 17.4. The zero-order valence-electron chi connectivity index (χ0n) is 15.1. The number of rotatable bonds is 6. The predicted molar refractivity (Wildman–Crippen MR) is 110 cm³/mol. The molecule has 126 valence electrons. The summed E-state index contributed by atoms with van der Waals surface area (Å²) >= 11 is 3.64. The van der Waals surface area contributed by atoms with E-state index in [0.29, 0.717) is 5.41 Å². The number of aryl methyl sites for hydroxylation is 1. The van der Waals surface area contributed by atoms with E-state index in [1.54, 1.807) is 16.9 Å². The molecule has 0 radical (unpaired) electrons. The van der Waals surface area contributed by atoms with Gasteiger partial charge in [-0.1, -0.05) is 45.0 Å². The van der Waals surface area contributed by atoms with Crippen molar-refractivity contribution in [2.24, 2.45) is 0 Å². The number of benzene rings is 1. The van der Waals surface area contributed by atoms with E-state index in [4.69, 9.17) is 0 Å². The fourth-order valence-corrected chi connectivity index (χ4v) is 5.65. The third-order valence-electron chi connectivity index (χ3n) is 5.63. The summed E-state index contributed by atoms with van der Waals surface area (Å²) in [5.74, 6) is 0. The Kier molecular flexibility index (Phi) is 5.27. The first-order chi connectivity index (χ1) is 11.7. The second-order valence-electron chi connectivity index (χ2n) is 6.55. The fourth-order valence-electron chi connectivity index (χ4n) is 3.83. The van der Waals surface area contributed by atoms with Gasteiger partial charge < -0.3 is 0 Å². The standard InChI is InChI=1S/C22H26S2/c1-5-22(6-2,7-3)21-15-24-14-20(21)18-11-9-8-10-17(18)19-13-23-12-16(19)4/h8-15H,5-7H2,1-4H3. The second-order valence-corrected chi connectivity index (χ2v) is 8.04. The van der Waals surface area contributed by atoms with Crippen LogP contribution in [0.3, 0.4) is 0 Å². The SMILES string of the molecule is CCC(CC)(CC)c1cscc1-c1ccccc1-c1cscc1C. The molecule has 0 aliphatic heterocycles. The van der Waals surface area contributed by atoms with Gasteiger partial charge in [-0.3, -0.25) is 0 Å². The van der Waals surface area contributed by atoms with Crippen molar-refractivity contribution in [2.75, 3.05) is 0 Å². The first-order valence-electron chi connectivity index (χ1n) is 8.86. The Hall–Kier alpha value is -1.38. The molecule has 0 aliphatic rings. The molecule has 1 aromatic carbocycles. The van der Waals surface area contributed by atoms with E-state index in [-0.39, 0.29) is 0 Å². The van der Waals surface area contributed by atoms with Crippen molar-refractivity contribution in [3.8, 4) is 22.3 Å². The molecule has 2 heteroatoms. The minimum Gasteiger partial charge on any atom is -0.151 e. The van der Waals surface area contributed by atoms with E-state index >= 15 is 0 Å². The molecule has 0 bridgehead atoms. The quantitative estimate of drug-likeness (QED) is 0.421. The molecule has 2 heterocycles.